The number of aliphatic hydroxyl groups excluding tert-OH is 1. The topological polar surface area (TPSA) is 69.8 Å². The minimum atomic E-state index is -0.0139. The van der Waals surface area contributed by atoms with Gasteiger partial charge in [0.2, 0.25) is 5.82 Å². The zero-order valence-electron chi connectivity index (χ0n) is 6.31. The van der Waals surface area contributed by atoms with Gasteiger partial charge in [-0.05, 0) is 0 Å². The monoisotopic (exact) mass is 161 g/mol. The van der Waals surface area contributed by atoms with Crippen molar-refractivity contribution < 1.29 is 5.11 Å². The Kier molecular flexibility index (Phi) is 2.94. The normalized spacial score (nSPS) is 10.0. The molecular weight excluding hydrogens is 154 g/mol. The van der Waals surface area contributed by atoms with E-state index >= 15 is 0 Å². The van der Waals surface area contributed by atoms with E-state index in [-0.39, 0.29) is 12.4 Å². The Morgan fingerprint density at radius 1 is 1.50 bits per heavy atom. The molecule has 0 atom stereocenters. The van der Waals surface area contributed by atoms with Gasteiger partial charge in [0.05, 0.1) is 6.61 Å². The quantitative estimate of drug-likeness (QED) is 0.679. The third-order valence-electron chi connectivity index (χ3n) is 1.19. The van der Waals surface area contributed by atoms with Crippen LogP contribution in [0.25, 0.3) is 6.08 Å². The van der Waals surface area contributed by atoms with Gasteiger partial charge in [-0.15, -0.1) is 0 Å². The van der Waals surface area contributed by atoms with Crippen LogP contribution >= 0.6 is 0 Å². The van der Waals surface area contributed by atoms with Crippen LogP contribution in [-0.2, 0) is 0 Å². The highest BCUT2D eigenvalue weighted by atomic mass is 16.2. The molecule has 0 aliphatic carbocycles. The van der Waals surface area contributed by atoms with Crippen molar-refractivity contribution in [1.82, 2.24) is 9.97 Å². The van der Waals surface area contributed by atoms with Crippen LogP contribution in [0.2, 0.25) is 0 Å². The Bertz CT molecular complexity index is 310. The van der Waals surface area contributed by atoms with Gasteiger partial charge in [-0.25, -0.2) is 9.97 Å². The van der Waals surface area contributed by atoms with E-state index in [1.807, 2.05) is 6.07 Å². The smallest absolute Gasteiger partial charge is 0.232 e. The standard InChI is InChI=1S/C8H7N3O/c9-4-8-10-5-7(6-11-8)2-1-3-12/h1-2,5-6,12H,3H2. The summed E-state index contributed by atoms with van der Waals surface area (Å²) in [5, 5.41) is 16.8. The fourth-order valence-corrected chi connectivity index (χ4v) is 0.671. The molecule has 60 valence electrons. The van der Waals surface area contributed by atoms with Crippen LogP contribution < -0.4 is 0 Å². The summed E-state index contributed by atoms with van der Waals surface area (Å²) in [6, 6.07) is 1.81. The number of nitrogens with zero attached hydrogens (tertiary/aromatic N) is 3. The van der Waals surface area contributed by atoms with Crippen molar-refractivity contribution in [2.45, 2.75) is 0 Å². The van der Waals surface area contributed by atoms with Crippen LogP contribution in [0, 0.1) is 11.3 Å². The summed E-state index contributed by atoms with van der Waals surface area (Å²) < 4.78 is 0. The lowest BCUT2D eigenvalue weighted by molar-refractivity contribution is 0.343. The molecule has 0 saturated carbocycles. The molecule has 4 nitrogen and oxygen atoms in total. The largest absolute Gasteiger partial charge is 0.392 e. The summed E-state index contributed by atoms with van der Waals surface area (Å²) in [6.45, 7) is -0.0139. The Balaban J connectivity index is 2.80. The predicted octanol–water partition coefficient (Wildman–Crippen LogP) is 0.354. The van der Waals surface area contributed by atoms with E-state index in [0.29, 0.717) is 0 Å². The van der Waals surface area contributed by atoms with Crippen molar-refractivity contribution in [1.29, 1.82) is 5.26 Å². The first kappa shape index (κ1) is 8.37. The molecular formula is C8H7N3O. The number of rotatable bonds is 2. The molecule has 0 spiro atoms. The number of nitriles is 1. The van der Waals surface area contributed by atoms with Crippen LogP contribution in [0.4, 0.5) is 0 Å². The molecule has 12 heavy (non-hydrogen) atoms. The maximum atomic E-state index is 8.45. The van der Waals surface area contributed by atoms with Gasteiger partial charge in [0.15, 0.2) is 0 Å². The van der Waals surface area contributed by atoms with Gasteiger partial charge in [-0.2, -0.15) is 5.26 Å². The third-order valence-corrected chi connectivity index (χ3v) is 1.19. The molecule has 0 radical (unpaired) electrons. The average Bonchev–Trinajstić information content (AvgIpc) is 2.15. The minimum Gasteiger partial charge on any atom is -0.392 e. The highest BCUT2D eigenvalue weighted by molar-refractivity contribution is 5.46. The first-order chi connectivity index (χ1) is 5.86. The lowest BCUT2D eigenvalue weighted by Crippen LogP contribution is -1.87. The molecule has 0 aliphatic rings. The van der Waals surface area contributed by atoms with Gasteiger partial charge >= 0.3 is 0 Å². The molecule has 1 aromatic heterocycles. The van der Waals surface area contributed by atoms with Crippen molar-refractivity contribution in [2.24, 2.45) is 0 Å². The zero-order valence-corrected chi connectivity index (χ0v) is 6.31. The SMILES string of the molecule is N#Cc1ncc(C=CCO)cn1. The van der Waals surface area contributed by atoms with Crippen molar-refractivity contribution in [3.8, 4) is 6.07 Å². The molecule has 1 heterocycles. The van der Waals surface area contributed by atoms with Crippen LogP contribution in [0.3, 0.4) is 0 Å². The third kappa shape index (κ3) is 2.15. The molecule has 0 unspecified atom stereocenters. The van der Waals surface area contributed by atoms with Crippen LogP contribution in [0.1, 0.15) is 11.4 Å². The van der Waals surface area contributed by atoms with Gasteiger partial charge in [0.1, 0.15) is 6.07 Å². The fourth-order valence-electron chi connectivity index (χ4n) is 0.671. The highest BCUT2D eigenvalue weighted by Crippen LogP contribution is 1.97. The summed E-state index contributed by atoms with van der Waals surface area (Å²) in [6.07, 6.45) is 6.31. The van der Waals surface area contributed by atoms with E-state index in [2.05, 4.69) is 9.97 Å². The van der Waals surface area contributed by atoms with Gasteiger partial charge in [0.25, 0.3) is 0 Å². The second-order valence-electron chi connectivity index (χ2n) is 2.04. The van der Waals surface area contributed by atoms with Crippen molar-refractivity contribution in [2.75, 3.05) is 6.61 Å². The molecule has 0 amide bonds. The maximum absolute atomic E-state index is 8.45. The zero-order chi connectivity index (χ0) is 8.81. The first-order valence-corrected chi connectivity index (χ1v) is 3.36. The summed E-state index contributed by atoms with van der Waals surface area (Å²) in [7, 11) is 0. The van der Waals surface area contributed by atoms with E-state index in [1.165, 1.54) is 12.4 Å². The second kappa shape index (κ2) is 4.21. The molecule has 4 heteroatoms. The first-order valence-electron chi connectivity index (χ1n) is 3.36. The van der Waals surface area contributed by atoms with E-state index in [0.717, 1.165) is 5.56 Å². The number of hydrogen-bond donors (Lipinski definition) is 1. The van der Waals surface area contributed by atoms with Gasteiger partial charge in [-0.3, -0.25) is 0 Å². The van der Waals surface area contributed by atoms with Gasteiger partial charge in [0, 0.05) is 18.0 Å². The Morgan fingerprint density at radius 3 is 2.67 bits per heavy atom. The Labute approximate surface area is 69.8 Å². The molecule has 1 rings (SSSR count). The summed E-state index contributed by atoms with van der Waals surface area (Å²) in [4.78, 5) is 7.49. The van der Waals surface area contributed by atoms with E-state index in [1.54, 1.807) is 12.2 Å². The number of hydrogen-bond acceptors (Lipinski definition) is 4. The lowest BCUT2D eigenvalue weighted by Gasteiger charge is -1.90. The average molecular weight is 161 g/mol. The summed E-state index contributed by atoms with van der Waals surface area (Å²) >= 11 is 0. The highest BCUT2D eigenvalue weighted by Gasteiger charge is 1.91. The molecule has 0 aliphatic heterocycles. The van der Waals surface area contributed by atoms with Crippen molar-refractivity contribution in [3.05, 3.63) is 29.9 Å². The minimum absolute atomic E-state index is 0.0139. The van der Waals surface area contributed by atoms with E-state index in [4.69, 9.17) is 10.4 Å². The van der Waals surface area contributed by atoms with Crippen LogP contribution in [0.15, 0.2) is 18.5 Å². The predicted molar refractivity (Wildman–Crippen MR) is 42.9 cm³/mol. The van der Waals surface area contributed by atoms with Gasteiger partial charge < -0.3 is 5.11 Å². The fraction of sp³-hybridized carbons (Fsp3) is 0.125. The number of aliphatic hydroxyl groups is 1. The molecule has 0 fully saturated rings. The van der Waals surface area contributed by atoms with E-state index < -0.39 is 0 Å². The summed E-state index contributed by atoms with van der Waals surface area (Å²) in [5.74, 6) is 0.149. The van der Waals surface area contributed by atoms with Crippen molar-refractivity contribution in [3.63, 3.8) is 0 Å². The van der Waals surface area contributed by atoms with Crippen molar-refractivity contribution >= 4 is 6.08 Å². The van der Waals surface area contributed by atoms with Crippen LogP contribution in [0.5, 0.6) is 0 Å². The summed E-state index contributed by atoms with van der Waals surface area (Å²) in [5.41, 5.74) is 0.767. The van der Waals surface area contributed by atoms with E-state index in [9.17, 15) is 0 Å². The molecule has 1 aromatic rings. The molecule has 0 bridgehead atoms. The second-order valence-corrected chi connectivity index (χ2v) is 2.04. The van der Waals surface area contributed by atoms with Crippen LogP contribution in [-0.4, -0.2) is 21.7 Å². The number of aromatic nitrogens is 2. The Morgan fingerprint density at radius 2 is 2.17 bits per heavy atom. The molecule has 0 saturated heterocycles. The molecule has 1 N–H and O–H groups in total. The maximum Gasteiger partial charge on any atom is 0.232 e. The lowest BCUT2D eigenvalue weighted by atomic mass is 10.3. The van der Waals surface area contributed by atoms with Gasteiger partial charge in [-0.1, -0.05) is 12.2 Å². The molecule has 0 aromatic carbocycles. The Hall–Kier alpha value is -1.73.